The lowest BCUT2D eigenvalue weighted by atomic mass is 10.1. The molecule has 0 atom stereocenters. The van der Waals surface area contributed by atoms with Gasteiger partial charge in [-0.15, -0.1) is 5.10 Å². The second-order valence-electron chi connectivity index (χ2n) is 5.25. The average molecular weight is 301 g/mol. The molecule has 2 aromatic rings. The lowest BCUT2D eigenvalue weighted by Gasteiger charge is -2.34. The molecule has 0 spiro atoms. The molecule has 7 nitrogen and oxygen atoms in total. The van der Waals surface area contributed by atoms with Gasteiger partial charge < -0.3 is 10.0 Å². The van der Waals surface area contributed by atoms with Crippen LogP contribution >= 0.6 is 0 Å². The molecular weight excluding hydrogens is 282 g/mol. The summed E-state index contributed by atoms with van der Waals surface area (Å²) in [6, 6.07) is 7.37. The van der Waals surface area contributed by atoms with E-state index in [2.05, 4.69) is 15.2 Å². The lowest BCUT2D eigenvalue weighted by molar-refractivity contribution is 0.0615. The number of aliphatic hydroxyl groups is 1. The molecule has 1 aliphatic rings. The number of nitrogens with zero attached hydrogens (tertiary/aromatic N) is 5. The molecule has 1 saturated heterocycles. The highest BCUT2D eigenvalue weighted by Gasteiger charge is 2.21. The molecule has 2 heterocycles. The highest BCUT2D eigenvalue weighted by Crippen LogP contribution is 2.12. The van der Waals surface area contributed by atoms with Crippen LogP contribution < -0.4 is 0 Å². The van der Waals surface area contributed by atoms with E-state index in [0.29, 0.717) is 25.2 Å². The van der Waals surface area contributed by atoms with E-state index in [9.17, 15) is 4.79 Å². The van der Waals surface area contributed by atoms with Gasteiger partial charge in [-0.3, -0.25) is 9.69 Å². The lowest BCUT2D eigenvalue weighted by Crippen LogP contribution is -2.49. The van der Waals surface area contributed by atoms with Crippen LogP contribution in [0.2, 0.25) is 0 Å². The van der Waals surface area contributed by atoms with Gasteiger partial charge >= 0.3 is 0 Å². The maximum Gasteiger partial charge on any atom is 0.253 e. The Kier molecular flexibility index (Phi) is 4.45. The van der Waals surface area contributed by atoms with Gasteiger partial charge in [0, 0.05) is 38.3 Å². The summed E-state index contributed by atoms with van der Waals surface area (Å²) in [5, 5.41) is 16.6. The van der Waals surface area contributed by atoms with Gasteiger partial charge in [-0.25, -0.2) is 4.68 Å². The Labute approximate surface area is 128 Å². The van der Waals surface area contributed by atoms with Crippen molar-refractivity contribution in [1.29, 1.82) is 0 Å². The Hall–Kier alpha value is -2.25. The van der Waals surface area contributed by atoms with Crippen LogP contribution in [0, 0.1) is 0 Å². The first-order valence-corrected chi connectivity index (χ1v) is 7.37. The fourth-order valence-corrected chi connectivity index (χ4v) is 2.60. The SMILES string of the molecule is O=C(c1ccc(-n2ccnn2)cc1)N1CCN(CCO)CC1. The molecule has 0 saturated carbocycles. The average Bonchev–Trinajstić information content (AvgIpc) is 3.10. The topological polar surface area (TPSA) is 74.5 Å². The van der Waals surface area contributed by atoms with Crippen LogP contribution in [-0.4, -0.2) is 75.1 Å². The molecule has 1 aromatic carbocycles. The van der Waals surface area contributed by atoms with E-state index in [1.54, 1.807) is 17.1 Å². The number of benzene rings is 1. The maximum atomic E-state index is 12.5. The van der Waals surface area contributed by atoms with Gasteiger partial charge in [0.2, 0.25) is 0 Å². The van der Waals surface area contributed by atoms with Crippen molar-refractivity contribution in [3.8, 4) is 5.69 Å². The van der Waals surface area contributed by atoms with Crippen LogP contribution in [0.1, 0.15) is 10.4 Å². The van der Waals surface area contributed by atoms with Crippen molar-refractivity contribution in [2.45, 2.75) is 0 Å². The predicted octanol–water partition coefficient (Wildman–Crippen LogP) is 0.0174. The Bertz CT molecular complexity index is 603. The van der Waals surface area contributed by atoms with E-state index in [-0.39, 0.29) is 12.5 Å². The third-order valence-electron chi connectivity index (χ3n) is 3.88. The van der Waals surface area contributed by atoms with Gasteiger partial charge in [-0.05, 0) is 24.3 Å². The molecule has 1 amide bonds. The molecule has 1 aliphatic heterocycles. The summed E-state index contributed by atoms with van der Waals surface area (Å²) >= 11 is 0. The van der Waals surface area contributed by atoms with E-state index in [0.717, 1.165) is 18.8 Å². The molecule has 116 valence electrons. The summed E-state index contributed by atoms with van der Waals surface area (Å²) in [5.41, 5.74) is 1.56. The standard InChI is InChI=1S/C15H19N5O2/c21-12-11-18-7-9-19(10-8-18)15(22)13-1-3-14(4-2-13)20-6-5-16-17-20/h1-6,21H,7-12H2. The monoisotopic (exact) mass is 301 g/mol. The van der Waals surface area contributed by atoms with Crippen LogP contribution in [0.5, 0.6) is 0 Å². The molecule has 0 unspecified atom stereocenters. The summed E-state index contributed by atoms with van der Waals surface area (Å²) in [6.07, 6.45) is 3.38. The van der Waals surface area contributed by atoms with E-state index in [1.807, 2.05) is 29.2 Å². The van der Waals surface area contributed by atoms with E-state index in [4.69, 9.17) is 5.11 Å². The minimum absolute atomic E-state index is 0.0498. The fraction of sp³-hybridized carbons (Fsp3) is 0.400. The molecule has 0 bridgehead atoms. The number of amides is 1. The molecule has 22 heavy (non-hydrogen) atoms. The van der Waals surface area contributed by atoms with Crippen LogP contribution in [0.4, 0.5) is 0 Å². The number of aromatic nitrogens is 3. The highest BCUT2D eigenvalue weighted by molar-refractivity contribution is 5.94. The van der Waals surface area contributed by atoms with Crippen LogP contribution in [0.3, 0.4) is 0 Å². The number of β-amino-alcohol motifs (C(OH)–C–C–N with tert-alkyl or cyclic N) is 1. The molecule has 1 fully saturated rings. The Morgan fingerprint density at radius 1 is 1.14 bits per heavy atom. The molecule has 0 aliphatic carbocycles. The third-order valence-corrected chi connectivity index (χ3v) is 3.88. The first-order chi connectivity index (χ1) is 10.8. The maximum absolute atomic E-state index is 12.5. The zero-order valence-electron chi connectivity index (χ0n) is 12.3. The van der Waals surface area contributed by atoms with Gasteiger partial charge in [0.1, 0.15) is 0 Å². The molecule has 7 heteroatoms. The minimum atomic E-state index is 0.0498. The molecule has 1 aromatic heterocycles. The number of rotatable bonds is 4. The zero-order chi connectivity index (χ0) is 15.4. The number of carbonyl (C=O) groups is 1. The molecular formula is C15H19N5O2. The molecule has 0 radical (unpaired) electrons. The number of aliphatic hydroxyl groups excluding tert-OH is 1. The Morgan fingerprint density at radius 3 is 2.45 bits per heavy atom. The van der Waals surface area contributed by atoms with Crippen LogP contribution in [0.15, 0.2) is 36.7 Å². The predicted molar refractivity (Wildman–Crippen MR) is 80.8 cm³/mol. The second-order valence-corrected chi connectivity index (χ2v) is 5.25. The largest absolute Gasteiger partial charge is 0.395 e. The highest BCUT2D eigenvalue weighted by atomic mass is 16.3. The summed E-state index contributed by atoms with van der Waals surface area (Å²) in [5.74, 6) is 0.0498. The summed E-state index contributed by atoms with van der Waals surface area (Å²) < 4.78 is 1.65. The van der Waals surface area contributed by atoms with Crippen LogP contribution in [0.25, 0.3) is 5.69 Å². The second kappa shape index (κ2) is 6.67. The van der Waals surface area contributed by atoms with E-state index >= 15 is 0 Å². The molecule has 3 rings (SSSR count). The number of carbonyl (C=O) groups excluding carboxylic acids is 1. The van der Waals surface area contributed by atoms with Crippen molar-refractivity contribution < 1.29 is 9.90 Å². The summed E-state index contributed by atoms with van der Waals surface area (Å²) in [7, 11) is 0. The van der Waals surface area contributed by atoms with Gasteiger partial charge in [0.15, 0.2) is 0 Å². The van der Waals surface area contributed by atoms with Crippen molar-refractivity contribution in [2.24, 2.45) is 0 Å². The fourth-order valence-electron chi connectivity index (χ4n) is 2.60. The Balaban J connectivity index is 1.63. The number of hydrogen-bond acceptors (Lipinski definition) is 5. The van der Waals surface area contributed by atoms with Crippen molar-refractivity contribution in [2.75, 3.05) is 39.3 Å². The smallest absolute Gasteiger partial charge is 0.253 e. The Morgan fingerprint density at radius 2 is 1.86 bits per heavy atom. The number of hydrogen-bond donors (Lipinski definition) is 1. The van der Waals surface area contributed by atoms with Gasteiger partial charge in [-0.2, -0.15) is 0 Å². The number of piperazine rings is 1. The molecule has 1 N–H and O–H groups in total. The van der Waals surface area contributed by atoms with Crippen molar-refractivity contribution in [3.63, 3.8) is 0 Å². The first kappa shape index (κ1) is 14.7. The van der Waals surface area contributed by atoms with E-state index < -0.39 is 0 Å². The van der Waals surface area contributed by atoms with Gasteiger partial charge in [0.25, 0.3) is 5.91 Å². The van der Waals surface area contributed by atoms with Gasteiger partial charge in [-0.1, -0.05) is 5.21 Å². The van der Waals surface area contributed by atoms with Gasteiger partial charge in [0.05, 0.1) is 24.7 Å². The quantitative estimate of drug-likeness (QED) is 0.861. The van der Waals surface area contributed by atoms with Crippen LogP contribution in [-0.2, 0) is 0 Å². The minimum Gasteiger partial charge on any atom is -0.395 e. The van der Waals surface area contributed by atoms with E-state index in [1.165, 1.54) is 0 Å². The van der Waals surface area contributed by atoms with Crippen molar-refractivity contribution >= 4 is 5.91 Å². The zero-order valence-corrected chi connectivity index (χ0v) is 12.3. The first-order valence-electron chi connectivity index (χ1n) is 7.37. The summed E-state index contributed by atoms with van der Waals surface area (Å²) in [4.78, 5) is 16.5. The van der Waals surface area contributed by atoms with Crippen molar-refractivity contribution in [3.05, 3.63) is 42.2 Å². The normalized spacial score (nSPS) is 16.0. The third kappa shape index (κ3) is 3.15. The summed E-state index contributed by atoms with van der Waals surface area (Å²) in [6.45, 7) is 3.85. The van der Waals surface area contributed by atoms with Crippen molar-refractivity contribution in [1.82, 2.24) is 24.8 Å².